The van der Waals surface area contributed by atoms with Gasteiger partial charge in [0.1, 0.15) is 12.6 Å². The zero-order valence-electron chi connectivity index (χ0n) is 22.8. The van der Waals surface area contributed by atoms with Gasteiger partial charge in [0.25, 0.3) is 10.0 Å². The largest absolute Gasteiger partial charge is 0.352 e. The van der Waals surface area contributed by atoms with Gasteiger partial charge in [-0.05, 0) is 61.7 Å². The molecule has 3 rings (SSSR count). The fourth-order valence-electron chi connectivity index (χ4n) is 4.11. The molecule has 0 fully saturated rings. The van der Waals surface area contributed by atoms with Crippen LogP contribution in [0.2, 0.25) is 20.1 Å². The summed E-state index contributed by atoms with van der Waals surface area (Å²) in [6.45, 7) is 4.85. The number of nitrogens with one attached hydrogen (secondary N) is 1. The first-order chi connectivity index (χ1) is 19.4. The summed E-state index contributed by atoms with van der Waals surface area (Å²) < 4.78 is 28.7. The third kappa shape index (κ3) is 8.08. The number of amides is 2. The summed E-state index contributed by atoms with van der Waals surface area (Å²) in [6, 6.07) is 16.0. The molecule has 0 saturated carbocycles. The Bertz CT molecular complexity index is 1490. The number of hydrogen-bond acceptors (Lipinski definition) is 4. The van der Waals surface area contributed by atoms with Crippen molar-refractivity contribution in [3.8, 4) is 0 Å². The highest BCUT2D eigenvalue weighted by atomic mass is 35.5. The molecule has 1 N–H and O–H groups in total. The van der Waals surface area contributed by atoms with Crippen molar-refractivity contribution in [3.05, 3.63) is 92.4 Å². The summed E-state index contributed by atoms with van der Waals surface area (Å²) in [5, 5.41) is 3.73. The predicted octanol–water partition coefficient (Wildman–Crippen LogP) is 7.22. The van der Waals surface area contributed by atoms with Crippen molar-refractivity contribution < 1.29 is 18.0 Å². The van der Waals surface area contributed by atoms with E-state index in [0.717, 1.165) is 4.31 Å². The summed E-state index contributed by atoms with van der Waals surface area (Å²) in [5.74, 6) is -1.00. The maximum Gasteiger partial charge on any atom is 0.264 e. The van der Waals surface area contributed by atoms with Gasteiger partial charge in [-0.25, -0.2) is 8.42 Å². The molecule has 0 aromatic heterocycles. The van der Waals surface area contributed by atoms with Crippen LogP contribution >= 0.6 is 46.4 Å². The van der Waals surface area contributed by atoms with Crippen LogP contribution in [0.25, 0.3) is 0 Å². The third-order valence-electron chi connectivity index (χ3n) is 6.55. The summed E-state index contributed by atoms with van der Waals surface area (Å²) >= 11 is 25.2. The number of sulfonamides is 1. The number of anilines is 1. The Hall–Kier alpha value is -2.49. The first-order valence-electron chi connectivity index (χ1n) is 13.0. The first-order valence-corrected chi connectivity index (χ1v) is 15.9. The summed E-state index contributed by atoms with van der Waals surface area (Å²) in [4.78, 5) is 28.8. The van der Waals surface area contributed by atoms with Crippen molar-refractivity contribution >= 4 is 73.9 Å². The van der Waals surface area contributed by atoms with Gasteiger partial charge in [-0.3, -0.25) is 13.9 Å². The van der Waals surface area contributed by atoms with Crippen molar-refractivity contribution in [1.29, 1.82) is 0 Å². The van der Waals surface area contributed by atoms with E-state index in [4.69, 9.17) is 46.4 Å². The van der Waals surface area contributed by atoms with Gasteiger partial charge in [0, 0.05) is 22.6 Å². The van der Waals surface area contributed by atoms with Gasteiger partial charge in [-0.2, -0.15) is 0 Å². The topological polar surface area (TPSA) is 86.8 Å². The zero-order valence-corrected chi connectivity index (χ0v) is 26.6. The van der Waals surface area contributed by atoms with Crippen LogP contribution in [0.5, 0.6) is 0 Å². The van der Waals surface area contributed by atoms with E-state index in [0.29, 0.717) is 22.0 Å². The summed E-state index contributed by atoms with van der Waals surface area (Å²) in [6.07, 6.45) is 0.956. The van der Waals surface area contributed by atoms with Crippen LogP contribution in [0, 0.1) is 0 Å². The molecule has 41 heavy (non-hydrogen) atoms. The molecule has 0 radical (unpaired) electrons. The fraction of sp³-hybridized carbons (Fsp3) is 0.310. The Morgan fingerprint density at radius 1 is 0.878 bits per heavy atom. The molecular weight excluding hydrogens is 628 g/mol. The van der Waals surface area contributed by atoms with E-state index < -0.39 is 28.5 Å². The van der Waals surface area contributed by atoms with Gasteiger partial charge in [0.05, 0.1) is 20.6 Å². The predicted molar refractivity (Wildman–Crippen MR) is 166 cm³/mol. The smallest absolute Gasteiger partial charge is 0.264 e. The molecule has 7 nitrogen and oxygen atoms in total. The molecule has 0 aliphatic heterocycles. The minimum Gasteiger partial charge on any atom is -0.352 e. The first kappa shape index (κ1) is 33.0. The number of carbonyl (C=O) groups excluding carboxylic acids is 2. The average Bonchev–Trinajstić information content (AvgIpc) is 2.94. The molecule has 2 atom stereocenters. The zero-order chi connectivity index (χ0) is 30.3. The van der Waals surface area contributed by atoms with Gasteiger partial charge >= 0.3 is 0 Å². The van der Waals surface area contributed by atoms with Gasteiger partial charge in [-0.1, -0.05) is 90.6 Å². The van der Waals surface area contributed by atoms with E-state index in [1.807, 2.05) is 13.8 Å². The molecule has 3 aromatic rings. The molecule has 220 valence electrons. The minimum absolute atomic E-state index is 0.0259. The number of hydrogen-bond donors (Lipinski definition) is 1. The Morgan fingerprint density at radius 3 is 2.17 bits per heavy atom. The highest BCUT2D eigenvalue weighted by Crippen LogP contribution is 2.35. The lowest BCUT2D eigenvalue weighted by Gasteiger charge is -2.34. The molecule has 2 amide bonds. The average molecular weight is 659 g/mol. The SMILES string of the molecule is CC[C@@H](C)NC(=O)[C@H](CC)N(Cc1ccc(Cl)cc1Cl)C(=O)CN(c1cccc(Cl)c1Cl)S(=O)(=O)c1ccccc1. The second kappa shape index (κ2) is 14.6. The number of benzene rings is 3. The molecular formula is C29H31Cl4N3O4S. The summed E-state index contributed by atoms with van der Waals surface area (Å²) in [5.41, 5.74) is 0.565. The van der Waals surface area contributed by atoms with E-state index >= 15 is 0 Å². The number of carbonyl (C=O) groups is 2. The van der Waals surface area contributed by atoms with Gasteiger partial charge in [0.2, 0.25) is 11.8 Å². The third-order valence-corrected chi connectivity index (χ3v) is 9.72. The normalized spacial score (nSPS) is 12.9. The highest BCUT2D eigenvalue weighted by Gasteiger charge is 2.35. The van der Waals surface area contributed by atoms with E-state index in [2.05, 4.69) is 5.32 Å². The maximum atomic E-state index is 14.1. The monoisotopic (exact) mass is 657 g/mol. The van der Waals surface area contributed by atoms with E-state index in [-0.39, 0.29) is 45.5 Å². The molecule has 0 aliphatic rings. The molecule has 0 heterocycles. The van der Waals surface area contributed by atoms with Crippen LogP contribution in [0.15, 0.2) is 71.6 Å². The van der Waals surface area contributed by atoms with Crippen LogP contribution in [0.3, 0.4) is 0 Å². The lowest BCUT2D eigenvalue weighted by atomic mass is 10.1. The number of rotatable bonds is 12. The van der Waals surface area contributed by atoms with Crippen molar-refractivity contribution in [3.63, 3.8) is 0 Å². The van der Waals surface area contributed by atoms with E-state index in [1.165, 1.54) is 29.2 Å². The number of halogens is 4. The minimum atomic E-state index is -4.29. The molecule has 0 unspecified atom stereocenters. The van der Waals surface area contributed by atoms with Crippen LogP contribution in [-0.4, -0.2) is 43.8 Å². The van der Waals surface area contributed by atoms with E-state index in [9.17, 15) is 18.0 Å². The molecule has 12 heteroatoms. The Balaban J connectivity index is 2.11. The fourth-order valence-corrected chi connectivity index (χ4v) is 6.48. The maximum absolute atomic E-state index is 14.1. The molecule has 0 saturated heterocycles. The second-order valence-electron chi connectivity index (χ2n) is 9.40. The highest BCUT2D eigenvalue weighted by molar-refractivity contribution is 7.92. The number of nitrogens with zero attached hydrogens (tertiary/aromatic N) is 2. The molecule has 0 bridgehead atoms. The Kier molecular flexibility index (Phi) is 11.8. The van der Waals surface area contributed by atoms with Crippen molar-refractivity contribution in [2.45, 2.75) is 57.1 Å². The molecule has 3 aromatic carbocycles. The second-order valence-corrected chi connectivity index (χ2v) is 12.9. The lowest BCUT2D eigenvalue weighted by molar-refractivity contribution is -0.140. The van der Waals surface area contributed by atoms with Crippen LogP contribution in [-0.2, 0) is 26.2 Å². The van der Waals surface area contributed by atoms with Crippen LogP contribution in [0.4, 0.5) is 5.69 Å². The van der Waals surface area contributed by atoms with Crippen LogP contribution < -0.4 is 9.62 Å². The standard InChI is InChI=1S/C29H31Cl4N3O4S/c1-4-19(3)34-29(38)25(5-2)35(17-20-14-15-21(30)16-24(20)32)27(37)18-36(26-13-9-12-23(31)28(26)33)41(39,40)22-10-7-6-8-11-22/h6-16,19,25H,4-5,17-18H2,1-3H3,(H,34,38)/t19-,25+/m1/s1. The Morgan fingerprint density at radius 2 is 1.56 bits per heavy atom. The quantitative estimate of drug-likeness (QED) is 0.223. The van der Waals surface area contributed by atoms with Crippen LogP contribution in [0.1, 0.15) is 39.2 Å². The van der Waals surface area contributed by atoms with Gasteiger partial charge < -0.3 is 10.2 Å². The molecule has 0 spiro atoms. The van der Waals surface area contributed by atoms with Gasteiger partial charge in [0.15, 0.2) is 0 Å². The van der Waals surface area contributed by atoms with Gasteiger partial charge in [-0.15, -0.1) is 0 Å². The lowest BCUT2D eigenvalue weighted by Crippen LogP contribution is -2.53. The Labute approximate surface area is 261 Å². The van der Waals surface area contributed by atoms with E-state index in [1.54, 1.807) is 49.4 Å². The van der Waals surface area contributed by atoms with Crippen molar-refractivity contribution in [2.75, 3.05) is 10.8 Å². The molecule has 0 aliphatic carbocycles. The van der Waals surface area contributed by atoms with Crippen molar-refractivity contribution in [2.24, 2.45) is 0 Å². The summed E-state index contributed by atoms with van der Waals surface area (Å²) in [7, 11) is -4.29. The van der Waals surface area contributed by atoms with Crippen molar-refractivity contribution in [1.82, 2.24) is 10.2 Å².